The predicted molar refractivity (Wildman–Crippen MR) is 58.3 cm³/mol. The molecule has 0 aliphatic rings. The molecule has 0 bridgehead atoms. The van der Waals surface area contributed by atoms with E-state index in [1.54, 1.807) is 6.07 Å². The van der Waals surface area contributed by atoms with Crippen molar-refractivity contribution in [2.24, 2.45) is 5.73 Å². The number of benzene rings is 1. The lowest BCUT2D eigenvalue weighted by molar-refractivity contribution is 0.938. The molecule has 72 valence electrons. The third-order valence-electron chi connectivity index (χ3n) is 1.67. The SMILES string of the molecule is CNCC#Cc1cccc(C(=N)N)c1. The van der Waals surface area contributed by atoms with Gasteiger partial charge in [0, 0.05) is 11.1 Å². The molecule has 3 heteroatoms. The maximum absolute atomic E-state index is 7.26. The molecule has 0 aromatic heterocycles. The zero-order valence-electron chi connectivity index (χ0n) is 8.09. The van der Waals surface area contributed by atoms with Crippen molar-refractivity contribution in [3.63, 3.8) is 0 Å². The Hall–Kier alpha value is -1.79. The van der Waals surface area contributed by atoms with Crippen LogP contribution in [-0.2, 0) is 0 Å². The van der Waals surface area contributed by atoms with E-state index >= 15 is 0 Å². The number of rotatable bonds is 2. The van der Waals surface area contributed by atoms with Crippen LogP contribution in [0, 0.1) is 17.3 Å². The molecule has 3 nitrogen and oxygen atoms in total. The Balaban J connectivity index is 2.85. The van der Waals surface area contributed by atoms with Crippen LogP contribution in [0.25, 0.3) is 0 Å². The highest BCUT2D eigenvalue weighted by molar-refractivity contribution is 5.95. The second-order valence-corrected chi connectivity index (χ2v) is 2.83. The van der Waals surface area contributed by atoms with Gasteiger partial charge in [0.1, 0.15) is 5.84 Å². The Morgan fingerprint density at radius 2 is 2.36 bits per heavy atom. The summed E-state index contributed by atoms with van der Waals surface area (Å²) in [5.41, 5.74) is 6.95. The van der Waals surface area contributed by atoms with Crippen LogP contribution < -0.4 is 11.1 Å². The summed E-state index contributed by atoms with van der Waals surface area (Å²) in [5.74, 6) is 5.99. The minimum atomic E-state index is 0.0715. The molecule has 0 radical (unpaired) electrons. The maximum atomic E-state index is 7.26. The van der Waals surface area contributed by atoms with Gasteiger partial charge in [0.2, 0.25) is 0 Å². The van der Waals surface area contributed by atoms with Gasteiger partial charge in [-0.25, -0.2) is 0 Å². The Morgan fingerprint density at radius 1 is 1.57 bits per heavy atom. The lowest BCUT2D eigenvalue weighted by Crippen LogP contribution is -2.10. The highest BCUT2D eigenvalue weighted by atomic mass is 14.8. The van der Waals surface area contributed by atoms with Gasteiger partial charge < -0.3 is 11.1 Å². The number of amidine groups is 1. The highest BCUT2D eigenvalue weighted by Gasteiger charge is 1.95. The van der Waals surface area contributed by atoms with Crippen molar-refractivity contribution in [2.45, 2.75) is 0 Å². The Morgan fingerprint density at radius 3 is 3.00 bits per heavy atom. The first-order valence-corrected chi connectivity index (χ1v) is 4.32. The van der Waals surface area contributed by atoms with Crippen molar-refractivity contribution >= 4 is 5.84 Å². The second-order valence-electron chi connectivity index (χ2n) is 2.83. The monoisotopic (exact) mass is 187 g/mol. The van der Waals surface area contributed by atoms with Gasteiger partial charge >= 0.3 is 0 Å². The molecule has 1 aromatic carbocycles. The van der Waals surface area contributed by atoms with Gasteiger partial charge in [0.05, 0.1) is 6.54 Å². The van der Waals surface area contributed by atoms with Crippen molar-refractivity contribution in [3.05, 3.63) is 35.4 Å². The van der Waals surface area contributed by atoms with Crippen molar-refractivity contribution < 1.29 is 0 Å². The normalized spacial score (nSPS) is 8.93. The summed E-state index contributed by atoms with van der Waals surface area (Å²) in [7, 11) is 1.85. The van der Waals surface area contributed by atoms with Crippen molar-refractivity contribution in [3.8, 4) is 11.8 Å². The molecule has 0 amide bonds. The fourth-order valence-electron chi connectivity index (χ4n) is 0.999. The molecule has 0 unspecified atom stereocenters. The molecular weight excluding hydrogens is 174 g/mol. The summed E-state index contributed by atoms with van der Waals surface area (Å²) in [4.78, 5) is 0. The molecule has 14 heavy (non-hydrogen) atoms. The smallest absolute Gasteiger partial charge is 0.122 e. The largest absolute Gasteiger partial charge is 0.384 e. The van der Waals surface area contributed by atoms with Crippen LogP contribution >= 0.6 is 0 Å². The summed E-state index contributed by atoms with van der Waals surface area (Å²) in [6, 6.07) is 7.35. The quantitative estimate of drug-likeness (QED) is 0.359. The molecule has 0 saturated carbocycles. The van der Waals surface area contributed by atoms with Crippen molar-refractivity contribution in [1.29, 1.82) is 5.41 Å². The third-order valence-corrected chi connectivity index (χ3v) is 1.67. The van der Waals surface area contributed by atoms with Crippen LogP contribution in [0.5, 0.6) is 0 Å². The fraction of sp³-hybridized carbons (Fsp3) is 0.182. The molecular formula is C11H13N3. The summed E-state index contributed by atoms with van der Waals surface area (Å²) in [6.07, 6.45) is 0. The van der Waals surface area contributed by atoms with Crippen LogP contribution in [0.3, 0.4) is 0 Å². The summed E-state index contributed by atoms with van der Waals surface area (Å²) >= 11 is 0. The maximum Gasteiger partial charge on any atom is 0.122 e. The van der Waals surface area contributed by atoms with Gasteiger partial charge in [-0.2, -0.15) is 0 Å². The minimum Gasteiger partial charge on any atom is -0.384 e. The average Bonchev–Trinajstić information content (AvgIpc) is 2.19. The second kappa shape index (κ2) is 5.05. The summed E-state index contributed by atoms with van der Waals surface area (Å²) in [6.45, 7) is 0.657. The number of nitrogens with two attached hydrogens (primary N) is 1. The first-order valence-electron chi connectivity index (χ1n) is 4.32. The highest BCUT2D eigenvalue weighted by Crippen LogP contribution is 2.02. The molecule has 0 aliphatic carbocycles. The Labute approximate surface area is 83.8 Å². The van der Waals surface area contributed by atoms with Crippen LogP contribution in [0.2, 0.25) is 0 Å². The van der Waals surface area contributed by atoms with E-state index in [9.17, 15) is 0 Å². The molecule has 4 N–H and O–H groups in total. The van der Waals surface area contributed by atoms with E-state index in [-0.39, 0.29) is 5.84 Å². The van der Waals surface area contributed by atoms with Crippen LogP contribution in [0.15, 0.2) is 24.3 Å². The molecule has 0 fully saturated rings. The van der Waals surface area contributed by atoms with Gasteiger partial charge in [0.25, 0.3) is 0 Å². The lowest BCUT2D eigenvalue weighted by atomic mass is 10.1. The molecule has 1 aromatic rings. The lowest BCUT2D eigenvalue weighted by Gasteiger charge is -1.97. The van der Waals surface area contributed by atoms with Gasteiger partial charge in [0.15, 0.2) is 0 Å². The number of hydrogen-bond donors (Lipinski definition) is 3. The van der Waals surface area contributed by atoms with Crippen LogP contribution in [0.1, 0.15) is 11.1 Å². The third kappa shape index (κ3) is 2.92. The Kier molecular flexibility index (Phi) is 3.71. The molecule has 0 atom stereocenters. The van der Waals surface area contributed by atoms with E-state index in [0.29, 0.717) is 12.1 Å². The van der Waals surface area contributed by atoms with E-state index in [2.05, 4.69) is 17.2 Å². The van der Waals surface area contributed by atoms with Gasteiger partial charge in [-0.3, -0.25) is 5.41 Å². The zero-order valence-corrected chi connectivity index (χ0v) is 8.09. The molecule has 0 spiro atoms. The fourth-order valence-corrected chi connectivity index (χ4v) is 0.999. The zero-order chi connectivity index (χ0) is 10.4. The van der Waals surface area contributed by atoms with Crippen LogP contribution in [-0.4, -0.2) is 19.4 Å². The first-order chi connectivity index (χ1) is 6.74. The van der Waals surface area contributed by atoms with E-state index < -0.39 is 0 Å². The predicted octanol–water partition coefficient (Wildman–Crippen LogP) is 0.542. The average molecular weight is 187 g/mol. The number of nitrogen functional groups attached to an aromatic ring is 1. The van der Waals surface area contributed by atoms with Crippen molar-refractivity contribution in [2.75, 3.05) is 13.6 Å². The van der Waals surface area contributed by atoms with Gasteiger partial charge in [-0.05, 0) is 19.2 Å². The van der Waals surface area contributed by atoms with Gasteiger partial charge in [-0.1, -0.05) is 24.0 Å². The first kappa shape index (κ1) is 10.3. The number of hydrogen-bond acceptors (Lipinski definition) is 2. The number of nitrogens with one attached hydrogen (secondary N) is 2. The van der Waals surface area contributed by atoms with Crippen molar-refractivity contribution in [1.82, 2.24) is 5.32 Å². The Bertz CT molecular complexity index is 385. The molecule has 1 rings (SSSR count). The van der Waals surface area contributed by atoms with E-state index in [1.807, 2.05) is 25.2 Å². The molecule has 0 aliphatic heterocycles. The summed E-state index contributed by atoms with van der Waals surface area (Å²) in [5, 5.41) is 10.2. The van der Waals surface area contributed by atoms with E-state index in [0.717, 1.165) is 5.56 Å². The molecule has 0 heterocycles. The minimum absolute atomic E-state index is 0.0715. The van der Waals surface area contributed by atoms with E-state index in [4.69, 9.17) is 11.1 Å². The van der Waals surface area contributed by atoms with Crippen LogP contribution in [0.4, 0.5) is 0 Å². The van der Waals surface area contributed by atoms with Gasteiger partial charge in [-0.15, -0.1) is 0 Å². The summed E-state index contributed by atoms with van der Waals surface area (Å²) < 4.78 is 0. The topological polar surface area (TPSA) is 61.9 Å². The molecule has 0 saturated heterocycles. The standard InChI is InChI=1S/C11H13N3/c1-14-7-3-5-9-4-2-6-10(8-9)11(12)13/h2,4,6,8,14H,7H2,1H3,(H3,12,13). The van der Waals surface area contributed by atoms with E-state index in [1.165, 1.54) is 0 Å².